The van der Waals surface area contributed by atoms with Gasteiger partial charge in [-0.3, -0.25) is 0 Å². The highest BCUT2D eigenvalue weighted by Gasteiger charge is 2.13. The van der Waals surface area contributed by atoms with E-state index in [1.807, 2.05) is 0 Å². The summed E-state index contributed by atoms with van der Waals surface area (Å²) in [7, 11) is 3.01. The molecule has 0 aromatic carbocycles. The molecule has 0 bridgehead atoms. The molecule has 0 saturated heterocycles. The van der Waals surface area contributed by atoms with E-state index in [1.54, 1.807) is 12.0 Å². The molecule has 0 aromatic rings. The summed E-state index contributed by atoms with van der Waals surface area (Å²) in [4.78, 5) is 12.8. The Kier molecular flexibility index (Phi) is 6.32. The van der Waals surface area contributed by atoms with Crippen LogP contribution in [0.3, 0.4) is 0 Å². The van der Waals surface area contributed by atoms with Crippen LogP contribution >= 0.6 is 0 Å². The van der Waals surface area contributed by atoms with E-state index in [1.165, 1.54) is 7.11 Å². The van der Waals surface area contributed by atoms with Gasteiger partial charge in [-0.15, -0.1) is 0 Å². The maximum atomic E-state index is 11.2. The second kappa shape index (κ2) is 6.71. The van der Waals surface area contributed by atoms with Crippen molar-refractivity contribution in [2.24, 2.45) is 5.92 Å². The van der Waals surface area contributed by atoms with Crippen LogP contribution in [-0.4, -0.2) is 44.9 Å². The van der Waals surface area contributed by atoms with Gasteiger partial charge < -0.3 is 14.4 Å². The van der Waals surface area contributed by atoms with Gasteiger partial charge in [-0.2, -0.15) is 0 Å². The topological polar surface area (TPSA) is 38.8 Å². The van der Waals surface area contributed by atoms with Gasteiger partial charge in [0.2, 0.25) is 0 Å². The highest BCUT2D eigenvalue weighted by Crippen LogP contribution is 2.00. The van der Waals surface area contributed by atoms with E-state index in [-0.39, 0.29) is 6.09 Å². The second-order valence-electron chi connectivity index (χ2n) is 3.30. The summed E-state index contributed by atoms with van der Waals surface area (Å²) in [6.45, 7) is 5.95. The Hall–Kier alpha value is -0.770. The van der Waals surface area contributed by atoms with Gasteiger partial charge in [0.25, 0.3) is 0 Å². The van der Waals surface area contributed by atoms with Crippen molar-refractivity contribution in [3.63, 3.8) is 0 Å². The fraction of sp³-hybridized carbons (Fsp3) is 0.889. The largest absolute Gasteiger partial charge is 0.453 e. The van der Waals surface area contributed by atoms with E-state index in [0.717, 1.165) is 0 Å². The lowest BCUT2D eigenvalue weighted by atomic mass is 10.2. The van der Waals surface area contributed by atoms with Gasteiger partial charge in [-0.1, -0.05) is 13.8 Å². The summed E-state index contributed by atoms with van der Waals surface area (Å²) in [6, 6.07) is 0. The molecule has 4 nitrogen and oxygen atoms in total. The maximum Gasteiger partial charge on any atom is 0.409 e. The molecule has 0 fully saturated rings. The smallest absolute Gasteiger partial charge is 0.409 e. The molecular weight excluding hydrogens is 170 g/mol. The Labute approximate surface area is 79.8 Å². The van der Waals surface area contributed by atoms with Crippen molar-refractivity contribution in [1.29, 1.82) is 0 Å². The second-order valence-corrected chi connectivity index (χ2v) is 3.30. The first-order valence-electron chi connectivity index (χ1n) is 4.43. The number of nitrogens with zero attached hydrogens (tertiary/aromatic N) is 1. The van der Waals surface area contributed by atoms with Gasteiger partial charge >= 0.3 is 6.09 Å². The lowest BCUT2D eigenvalue weighted by Gasteiger charge is -2.22. The van der Waals surface area contributed by atoms with Gasteiger partial charge in [-0.05, 0) is 5.92 Å². The van der Waals surface area contributed by atoms with Crippen LogP contribution in [0.4, 0.5) is 4.79 Å². The molecule has 0 aliphatic carbocycles. The van der Waals surface area contributed by atoms with E-state index in [2.05, 4.69) is 18.6 Å². The van der Waals surface area contributed by atoms with Crippen LogP contribution in [0.25, 0.3) is 0 Å². The fourth-order valence-electron chi connectivity index (χ4n) is 1.03. The molecule has 0 aliphatic heterocycles. The van der Waals surface area contributed by atoms with E-state index in [0.29, 0.717) is 25.6 Å². The maximum absolute atomic E-state index is 11.2. The van der Waals surface area contributed by atoms with Crippen LogP contribution < -0.4 is 0 Å². The van der Waals surface area contributed by atoms with Gasteiger partial charge in [0.05, 0.1) is 13.7 Å². The van der Waals surface area contributed by atoms with Gasteiger partial charge in [0.1, 0.15) is 0 Å². The number of ether oxygens (including phenoxy) is 2. The zero-order chi connectivity index (χ0) is 10.3. The van der Waals surface area contributed by atoms with Crippen LogP contribution in [0.15, 0.2) is 0 Å². The van der Waals surface area contributed by atoms with Crippen molar-refractivity contribution in [2.75, 3.05) is 33.9 Å². The lowest BCUT2D eigenvalue weighted by Crippen LogP contribution is -2.36. The van der Waals surface area contributed by atoms with Crippen molar-refractivity contribution in [3.8, 4) is 0 Å². The molecule has 0 aliphatic rings. The number of methoxy groups -OCH3 is 2. The first-order valence-corrected chi connectivity index (χ1v) is 4.43. The van der Waals surface area contributed by atoms with Crippen molar-refractivity contribution in [1.82, 2.24) is 4.90 Å². The summed E-state index contributed by atoms with van der Waals surface area (Å²) < 4.78 is 9.54. The quantitative estimate of drug-likeness (QED) is 0.655. The first-order chi connectivity index (χ1) is 6.11. The third-order valence-corrected chi connectivity index (χ3v) is 1.58. The number of rotatable bonds is 5. The van der Waals surface area contributed by atoms with Crippen molar-refractivity contribution in [3.05, 3.63) is 0 Å². The zero-order valence-corrected chi connectivity index (χ0v) is 8.87. The monoisotopic (exact) mass is 189 g/mol. The zero-order valence-electron chi connectivity index (χ0n) is 8.87. The predicted octanol–water partition coefficient (Wildman–Crippen LogP) is 1.36. The highest BCUT2D eigenvalue weighted by molar-refractivity contribution is 5.67. The number of carbonyl (C=O) groups excluding carboxylic acids is 1. The molecule has 0 atom stereocenters. The highest BCUT2D eigenvalue weighted by atomic mass is 16.5. The Balaban J connectivity index is 3.94. The van der Waals surface area contributed by atoms with Crippen LogP contribution in [0, 0.1) is 5.92 Å². The number of amides is 1. The number of carbonyl (C=O) groups is 1. The van der Waals surface area contributed by atoms with Crippen LogP contribution in [0.2, 0.25) is 0 Å². The molecule has 0 saturated carbocycles. The van der Waals surface area contributed by atoms with Crippen LogP contribution in [-0.2, 0) is 9.47 Å². The molecule has 0 radical (unpaired) electrons. The van der Waals surface area contributed by atoms with Crippen LogP contribution in [0.1, 0.15) is 13.8 Å². The summed E-state index contributed by atoms with van der Waals surface area (Å²) in [5, 5.41) is 0. The molecule has 0 heterocycles. The molecule has 13 heavy (non-hydrogen) atoms. The van der Waals surface area contributed by atoms with E-state index in [9.17, 15) is 4.79 Å². The standard InChI is InChI=1S/C9H19NO3/c1-8(2)7-10(5-6-12-3)9(11)13-4/h8H,5-7H2,1-4H3. The average molecular weight is 189 g/mol. The third-order valence-electron chi connectivity index (χ3n) is 1.58. The van der Waals surface area contributed by atoms with Crippen molar-refractivity contribution < 1.29 is 14.3 Å². The normalized spacial score (nSPS) is 10.2. The third kappa shape index (κ3) is 5.47. The van der Waals surface area contributed by atoms with Gasteiger partial charge in [0, 0.05) is 20.2 Å². The summed E-state index contributed by atoms with van der Waals surface area (Å²) in [5.74, 6) is 0.441. The lowest BCUT2D eigenvalue weighted by molar-refractivity contribution is 0.0982. The Morgan fingerprint density at radius 1 is 1.38 bits per heavy atom. The molecule has 0 N–H and O–H groups in total. The molecule has 0 unspecified atom stereocenters. The summed E-state index contributed by atoms with van der Waals surface area (Å²) in [5.41, 5.74) is 0. The minimum atomic E-state index is -0.286. The molecule has 1 amide bonds. The van der Waals surface area contributed by atoms with E-state index in [4.69, 9.17) is 4.74 Å². The van der Waals surface area contributed by atoms with E-state index >= 15 is 0 Å². The predicted molar refractivity (Wildman–Crippen MR) is 50.7 cm³/mol. The average Bonchev–Trinajstić information content (AvgIpc) is 2.10. The molecule has 4 heteroatoms. The van der Waals surface area contributed by atoms with E-state index < -0.39 is 0 Å². The molecule has 0 aromatic heterocycles. The van der Waals surface area contributed by atoms with Gasteiger partial charge in [0.15, 0.2) is 0 Å². The van der Waals surface area contributed by atoms with Crippen LogP contribution in [0.5, 0.6) is 0 Å². The number of hydrogen-bond donors (Lipinski definition) is 0. The Morgan fingerprint density at radius 2 is 2.00 bits per heavy atom. The molecular formula is C9H19NO3. The first kappa shape index (κ1) is 12.2. The molecule has 0 rings (SSSR count). The summed E-state index contributed by atoms with van der Waals surface area (Å²) in [6.07, 6.45) is -0.286. The Morgan fingerprint density at radius 3 is 2.38 bits per heavy atom. The van der Waals surface area contributed by atoms with Gasteiger partial charge in [-0.25, -0.2) is 4.79 Å². The molecule has 78 valence electrons. The number of hydrogen-bond acceptors (Lipinski definition) is 3. The SMILES string of the molecule is COCCN(CC(C)C)C(=O)OC. The minimum Gasteiger partial charge on any atom is -0.453 e. The van der Waals surface area contributed by atoms with Crippen molar-refractivity contribution >= 4 is 6.09 Å². The molecule has 0 spiro atoms. The summed E-state index contributed by atoms with van der Waals surface area (Å²) >= 11 is 0. The fourth-order valence-corrected chi connectivity index (χ4v) is 1.03. The van der Waals surface area contributed by atoms with Crippen molar-refractivity contribution in [2.45, 2.75) is 13.8 Å². The minimum absolute atomic E-state index is 0.286. The Bertz CT molecular complexity index is 148.